The summed E-state index contributed by atoms with van der Waals surface area (Å²) >= 11 is 0. The second-order valence-electron chi connectivity index (χ2n) is 5.07. The Bertz CT molecular complexity index is 619. The predicted molar refractivity (Wildman–Crippen MR) is 88.5 cm³/mol. The predicted octanol–water partition coefficient (Wildman–Crippen LogP) is 1.38. The number of esters is 1. The third kappa shape index (κ3) is 6.03. The normalized spacial score (nSPS) is 10.2. The van der Waals surface area contributed by atoms with E-state index in [1.807, 2.05) is 0 Å². The topological polar surface area (TPSA) is 119 Å². The van der Waals surface area contributed by atoms with E-state index in [1.165, 1.54) is 24.1 Å². The number of nitro groups is 1. The summed E-state index contributed by atoms with van der Waals surface area (Å²) in [5, 5.41) is 20.1. The number of carbonyl (C=O) groups excluding carboxylic acids is 2. The van der Waals surface area contributed by atoms with Gasteiger partial charge in [0, 0.05) is 31.3 Å². The minimum Gasteiger partial charge on any atom is -0.490 e. The van der Waals surface area contributed by atoms with Crippen molar-refractivity contribution in [2.24, 2.45) is 0 Å². The fourth-order valence-corrected chi connectivity index (χ4v) is 2.18. The molecule has 9 heteroatoms. The summed E-state index contributed by atoms with van der Waals surface area (Å²) in [6.45, 7) is 2.12. The molecule has 0 unspecified atom stereocenters. The average Bonchev–Trinajstić information content (AvgIpc) is 2.60. The molecule has 1 N–H and O–H groups in total. The molecule has 0 saturated carbocycles. The van der Waals surface area contributed by atoms with Crippen LogP contribution in [0.3, 0.4) is 0 Å². The van der Waals surface area contributed by atoms with Gasteiger partial charge in [0.15, 0.2) is 5.75 Å². The Labute approximate surface area is 145 Å². The Morgan fingerprint density at radius 3 is 2.60 bits per heavy atom. The van der Waals surface area contributed by atoms with Crippen LogP contribution in [-0.4, -0.2) is 60.2 Å². The van der Waals surface area contributed by atoms with Crippen LogP contribution in [0.1, 0.15) is 30.1 Å². The molecular formula is C16H22N2O7. The van der Waals surface area contributed by atoms with Gasteiger partial charge in [-0.15, -0.1) is 0 Å². The fraction of sp³-hybridized carbons (Fsp3) is 0.500. The van der Waals surface area contributed by atoms with E-state index >= 15 is 0 Å². The lowest BCUT2D eigenvalue weighted by Gasteiger charge is -2.22. The van der Waals surface area contributed by atoms with Gasteiger partial charge in [0.1, 0.15) is 0 Å². The molecule has 9 nitrogen and oxygen atoms in total. The second-order valence-corrected chi connectivity index (χ2v) is 5.07. The van der Waals surface area contributed by atoms with Gasteiger partial charge in [-0.05, 0) is 25.5 Å². The zero-order valence-electron chi connectivity index (χ0n) is 14.3. The van der Waals surface area contributed by atoms with Crippen molar-refractivity contribution in [3.05, 3.63) is 33.9 Å². The Balaban J connectivity index is 2.97. The molecule has 25 heavy (non-hydrogen) atoms. The first-order valence-electron chi connectivity index (χ1n) is 7.82. The lowest BCUT2D eigenvalue weighted by Crippen LogP contribution is -2.34. The molecule has 0 aliphatic heterocycles. The fourth-order valence-electron chi connectivity index (χ4n) is 2.18. The minimum absolute atomic E-state index is 0.00323. The average molecular weight is 354 g/mol. The number of aliphatic hydroxyl groups is 1. The highest BCUT2D eigenvalue weighted by Gasteiger charge is 2.22. The van der Waals surface area contributed by atoms with Gasteiger partial charge in [-0.3, -0.25) is 19.7 Å². The molecule has 1 rings (SSSR count). The molecule has 0 aromatic heterocycles. The number of hydrogen-bond acceptors (Lipinski definition) is 7. The van der Waals surface area contributed by atoms with Crippen molar-refractivity contribution in [3.8, 4) is 5.75 Å². The van der Waals surface area contributed by atoms with Crippen molar-refractivity contribution >= 4 is 17.6 Å². The Morgan fingerprint density at radius 2 is 2.04 bits per heavy atom. The highest BCUT2D eigenvalue weighted by molar-refractivity contribution is 5.95. The van der Waals surface area contributed by atoms with Gasteiger partial charge >= 0.3 is 11.7 Å². The molecule has 0 spiro atoms. The lowest BCUT2D eigenvalue weighted by atomic mass is 10.1. The van der Waals surface area contributed by atoms with Crippen LogP contribution in [0.15, 0.2) is 18.2 Å². The minimum atomic E-state index is -0.633. The van der Waals surface area contributed by atoms with Crippen LogP contribution in [0.25, 0.3) is 0 Å². The van der Waals surface area contributed by atoms with E-state index in [4.69, 9.17) is 14.6 Å². The van der Waals surface area contributed by atoms with E-state index in [1.54, 1.807) is 6.92 Å². The van der Waals surface area contributed by atoms with E-state index in [0.717, 1.165) is 6.07 Å². The van der Waals surface area contributed by atoms with Gasteiger partial charge in [-0.25, -0.2) is 0 Å². The van der Waals surface area contributed by atoms with Gasteiger partial charge < -0.3 is 19.5 Å². The van der Waals surface area contributed by atoms with Crippen LogP contribution in [0.4, 0.5) is 5.69 Å². The smallest absolute Gasteiger partial charge is 0.311 e. The number of amides is 1. The molecule has 0 radical (unpaired) electrons. The molecule has 0 bridgehead atoms. The van der Waals surface area contributed by atoms with E-state index in [9.17, 15) is 19.7 Å². The highest BCUT2D eigenvalue weighted by Crippen LogP contribution is 2.28. The number of aliphatic hydroxyl groups excluding tert-OH is 1. The Kier molecular flexibility index (Phi) is 8.34. The Hall–Kier alpha value is -2.68. The van der Waals surface area contributed by atoms with Crippen molar-refractivity contribution in [3.63, 3.8) is 0 Å². The highest BCUT2D eigenvalue weighted by atomic mass is 16.6. The zero-order valence-corrected chi connectivity index (χ0v) is 14.3. The first-order chi connectivity index (χ1) is 11.9. The van der Waals surface area contributed by atoms with Crippen LogP contribution in [-0.2, 0) is 9.53 Å². The monoisotopic (exact) mass is 354 g/mol. The molecule has 1 aromatic rings. The van der Waals surface area contributed by atoms with Crippen LogP contribution >= 0.6 is 0 Å². The van der Waals surface area contributed by atoms with Crippen molar-refractivity contribution in [2.75, 3.05) is 33.4 Å². The van der Waals surface area contributed by atoms with Crippen LogP contribution in [0, 0.1) is 10.1 Å². The number of nitro benzene ring substituents is 1. The van der Waals surface area contributed by atoms with Crippen LogP contribution in [0.2, 0.25) is 0 Å². The van der Waals surface area contributed by atoms with Crippen molar-refractivity contribution < 1.29 is 29.1 Å². The summed E-state index contributed by atoms with van der Waals surface area (Å²) in [7, 11) is 1.30. The van der Waals surface area contributed by atoms with E-state index in [2.05, 4.69) is 0 Å². The number of ether oxygens (including phenoxy) is 2. The zero-order chi connectivity index (χ0) is 18.8. The quantitative estimate of drug-likeness (QED) is 0.383. The number of nitrogens with zero attached hydrogens (tertiary/aromatic N) is 2. The van der Waals surface area contributed by atoms with Gasteiger partial charge in [-0.2, -0.15) is 0 Å². The first-order valence-corrected chi connectivity index (χ1v) is 7.82. The number of hydrogen-bond donors (Lipinski definition) is 1. The molecule has 0 atom stereocenters. The van der Waals surface area contributed by atoms with Crippen LogP contribution < -0.4 is 4.74 Å². The van der Waals surface area contributed by atoms with Crippen molar-refractivity contribution in [2.45, 2.75) is 19.8 Å². The maximum atomic E-state index is 12.6. The maximum absolute atomic E-state index is 12.6. The third-order valence-electron chi connectivity index (χ3n) is 3.39. The molecule has 138 valence electrons. The Morgan fingerprint density at radius 1 is 1.32 bits per heavy atom. The summed E-state index contributed by atoms with van der Waals surface area (Å²) in [5.74, 6) is -0.858. The molecule has 0 saturated heterocycles. The summed E-state index contributed by atoms with van der Waals surface area (Å²) in [6.07, 6.45) is 0.329. The summed E-state index contributed by atoms with van der Waals surface area (Å²) in [5.41, 5.74) is -0.213. The van der Waals surface area contributed by atoms with E-state index in [-0.39, 0.29) is 49.7 Å². The second kappa shape index (κ2) is 10.2. The summed E-state index contributed by atoms with van der Waals surface area (Å²) < 4.78 is 9.74. The van der Waals surface area contributed by atoms with Gasteiger partial charge in [0.05, 0.1) is 25.1 Å². The number of rotatable bonds is 10. The molecule has 1 aromatic carbocycles. The van der Waals surface area contributed by atoms with Crippen molar-refractivity contribution in [1.82, 2.24) is 4.90 Å². The summed E-state index contributed by atoms with van der Waals surface area (Å²) in [6, 6.07) is 3.91. The molecule has 1 amide bonds. The van der Waals surface area contributed by atoms with Crippen molar-refractivity contribution in [1.29, 1.82) is 0 Å². The SMILES string of the molecule is CCOC(=O)CCN(CCCO)C(=O)c1ccc(OC)c([N+](=O)[O-])c1. The molecule has 0 aliphatic rings. The first kappa shape index (κ1) is 20.4. The lowest BCUT2D eigenvalue weighted by molar-refractivity contribution is -0.385. The number of benzene rings is 1. The molecule has 0 heterocycles. The molecular weight excluding hydrogens is 332 g/mol. The molecule has 0 aliphatic carbocycles. The van der Waals surface area contributed by atoms with E-state index in [0.29, 0.717) is 6.42 Å². The molecule has 0 fully saturated rings. The van der Waals surface area contributed by atoms with Gasteiger partial charge in [-0.1, -0.05) is 0 Å². The maximum Gasteiger partial charge on any atom is 0.311 e. The third-order valence-corrected chi connectivity index (χ3v) is 3.39. The largest absolute Gasteiger partial charge is 0.490 e. The van der Waals surface area contributed by atoms with Gasteiger partial charge in [0.25, 0.3) is 5.91 Å². The number of carbonyl (C=O) groups is 2. The summed E-state index contributed by atoms with van der Waals surface area (Å²) in [4.78, 5) is 35.9. The number of methoxy groups -OCH3 is 1. The standard InChI is InChI=1S/C16H22N2O7/c1-3-25-15(20)7-9-17(8-4-10-19)16(21)12-5-6-14(24-2)13(11-12)18(22)23/h5-6,11,19H,3-4,7-10H2,1-2H3. The van der Waals surface area contributed by atoms with Gasteiger partial charge in [0.2, 0.25) is 0 Å². The van der Waals surface area contributed by atoms with E-state index < -0.39 is 16.8 Å². The van der Waals surface area contributed by atoms with Crippen LogP contribution in [0.5, 0.6) is 5.75 Å².